The molecule has 6 heteroatoms. The Morgan fingerprint density at radius 2 is 1.64 bits per heavy atom. The largest absolute Gasteiger partial charge is 0.337 e. The molecule has 0 unspecified atom stereocenters. The first-order chi connectivity index (χ1) is 13.4. The molecule has 0 saturated carbocycles. The van der Waals surface area contributed by atoms with E-state index < -0.39 is 10.0 Å². The molecule has 0 aliphatic carbocycles. The number of carbonyl (C=O) groups is 1. The Morgan fingerprint density at radius 3 is 2.43 bits per heavy atom. The molecule has 0 aromatic heterocycles. The van der Waals surface area contributed by atoms with Crippen LogP contribution >= 0.6 is 0 Å². The molecule has 1 aliphatic rings. The number of sulfonamides is 1. The van der Waals surface area contributed by atoms with Crippen LogP contribution in [0, 0.1) is 0 Å². The lowest BCUT2D eigenvalue weighted by molar-refractivity contribution is -0.132. The molecule has 0 radical (unpaired) electrons. The second kappa shape index (κ2) is 7.37. The SMILES string of the molecule is CN(CC(=O)N1CCc2ccccc2C1)S(=O)(=O)c1ccc2ccccc2c1. The van der Waals surface area contributed by atoms with Crippen molar-refractivity contribution in [3.63, 3.8) is 0 Å². The average molecular weight is 394 g/mol. The Kier molecular flexibility index (Phi) is 4.91. The van der Waals surface area contributed by atoms with Gasteiger partial charge in [0.2, 0.25) is 15.9 Å². The van der Waals surface area contributed by atoms with Crippen LogP contribution in [-0.2, 0) is 27.8 Å². The van der Waals surface area contributed by atoms with Crippen molar-refractivity contribution in [3.8, 4) is 0 Å². The summed E-state index contributed by atoms with van der Waals surface area (Å²) in [6, 6.07) is 20.7. The Bertz CT molecular complexity index is 1140. The number of fused-ring (bicyclic) bond motifs is 2. The third kappa shape index (κ3) is 3.53. The van der Waals surface area contributed by atoms with Gasteiger partial charge in [0.05, 0.1) is 11.4 Å². The number of likely N-dealkylation sites (N-methyl/N-ethyl adjacent to an activating group) is 1. The zero-order chi connectivity index (χ0) is 19.7. The predicted octanol–water partition coefficient (Wildman–Crippen LogP) is 3.05. The fraction of sp³-hybridized carbons (Fsp3) is 0.227. The Hall–Kier alpha value is -2.70. The molecule has 1 aliphatic heterocycles. The molecule has 1 amide bonds. The van der Waals surface area contributed by atoms with Crippen molar-refractivity contribution in [3.05, 3.63) is 77.9 Å². The highest BCUT2D eigenvalue weighted by Crippen LogP contribution is 2.22. The van der Waals surface area contributed by atoms with Gasteiger partial charge in [-0.05, 0) is 40.5 Å². The third-order valence-corrected chi connectivity index (χ3v) is 7.07. The number of hydrogen-bond acceptors (Lipinski definition) is 3. The maximum Gasteiger partial charge on any atom is 0.243 e. The summed E-state index contributed by atoms with van der Waals surface area (Å²) in [5, 5.41) is 1.84. The van der Waals surface area contributed by atoms with Crippen LogP contribution in [0.1, 0.15) is 11.1 Å². The third-order valence-electron chi connectivity index (χ3n) is 5.27. The summed E-state index contributed by atoms with van der Waals surface area (Å²) in [5.41, 5.74) is 2.38. The van der Waals surface area contributed by atoms with Gasteiger partial charge in [-0.1, -0.05) is 54.6 Å². The maximum absolute atomic E-state index is 12.9. The Balaban J connectivity index is 1.50. The number of amides is 1. The summed E-state index contributed by atoms with van der Waals surface area (Å²) >= 11 is 0. The first kappa shape index (κ1) is 18.7. The van der Waals surface area contributed by atoms with Crippen molar-refractivity contribution in [2.24, 2.45) is 0 Å². The van der Waals surface area contributed by atoms with E-state index in [4.69, 9.17) is 0 Å². The lowest BCUT2D eigenvalue weighted by Crippen LogP contribution is -2.43. The van der Waals surface area contributed by atoms with Crippen molar-refractivity contribution in [1.29, 1.82) is 0 Å². The average Bonchev–Trinajstić information content (AvgIpc) is 2.72. The first-order valence-corrected chi connectivity index (χ1v) is 10.7. The quantitative estimate of drug-likeness (QED) is 0.683. The molecular weight excluding hydrogens is 372 g/mol. The molecule has 1 heterocycles. The first-order valence-electron chi connectivity index (χ1n) is 9.25. The van der Waals surface area contributed by atoms with E-state index in [-0.39, 0.29) is 17.3 Å². The number of carbonyl (C=O) groups excluding carboxylic acids is 1. The molecule has 144 valence electrons. The lowest BCUT2D eigenvalue weighted by Gasteiger charge is -2.30. The number of nitrogens with zero attached hydrogens (tertiary/aromatic N) is 2. The van der Waals surface area contributed by atoms with Crippen LogP contribution in [0.3, 0.4) is 0 Å². The minimum Gasteiger partial charge on any atom is -0.337 e. The molecule has 3 aromatic rings. The van der Waals surface area contributed by atoms with Crippen LogP contribution in [0.5, 0.6) is 0 Å². The minimum atomic E-state index is -3.74. The summed E-state index contributed by atoms with van der Waals surface area (Å²) in [6.07, 6.45) is 0.795. The number of rotatable bonds is 4. The molecule has 28 heavy (non-hydrogen) atoms. The summed E-state index contributed by atoms with van der Waals surface area (Å²) in [5.74, 6) is -0.179. The topological polar surface area (TPSA) is 57.7 Å². The van der Waals surface area contributed by atoms with Crippen molar-refractivity contribution in [2.75, 3.05) is 20.1 Å². The zero-order valence-electron chi connectivity index (χ0n) is 15.7. The van der Waals surface area contributed by atoms with Crippen LogP contribution < -0.4 is 0 Å². The van der Waals surface area contributed by atoms with Gasteiger partial charge in [-0.25, -0.2) is 8.42 Å². The summed E-state index contributed by atoms with van der Waals surface area (Å²) in [7, 11) is -2.28. The Labute approximate surface area is 165 Å². The van der Waals surface area contributed by atoms with Crippen LogP contribution in [0.2, 0.25) is 0 Å². The van der Waals surface area contributed by atoms with E-state index in [0.29, 0.717) is 13.1 Å². The molecule has 0 bridgehead atoms. The van der Waals surface area contributed by atoms with Crippen LogP contribution in [-0.4, -0.2) is 43.7 Å². The van der Waals surface area contributed by atoms with E-state index in [1.165, 1.54) is 12.6 Å². The number of benzene rings is 3. The van der Waals surface area contributed by atoms with Crippen LogP contribution in [0.4, 0.5) is 0 Å². The minimum absolute atomic E-state index is 0.169. The van der Waals surface area contributed by atoms with Gasteiger partial charge in [0.1, 0.15) is 0 Å². The predicted molar refractivity (Wildman–Crippen MR) is 109 cm³/mol. The molecule has 0 spiro atoms. The van der Waals surface area contributed by atoms with E-state index in [0.717, 1.165) is 27.1 Å². The highest BCUT2D eigenvalue weighted by Gasteiger charge is 2.27. The maximum atomic E-state index is 12.9. The fourth-order valence-corrected chi connectivity index (χ4v) is 4.75. The summed E-state index contributed by atoms with van der Waals surface area (Å²) < 4.78 is 27.0. The van der Waals surface area contributed by atoms with Gasteiger partial charge in [-0.15, -0.1) is 0 Å². The van der Waals surface area contributed by atoms with Crippen molar-refractivity contribution >= 4 is 26.7 Å². The molecule has 0 fully saturated rings. The molecular formula is C22H22N2O3S. The van der Waals surface area contributed by atoms with Crippen molar-refractivity contribution < 1.29 is 13.2 Å². The normalized spacial score (nSPS) is 14.3. The Morgan fingerprint density at radius 1 is 0.964 bits per heavy atom. The lowest BCUT2D eigenvalue weighted by atomic mass is 10.00. The van der Waals surface area contributed by atoms with E-state index in [1.54, 1.807) is 23.1 Å². The molecule has 0 atom stereocenters. The van der Waals surface area contributed by atoms with Crippen molar-refractivity contribution in [2.45, 2.75) is 17.9 Å². The number of hydrogen-bond donors (Lipinski definition) is 0. The van der Waals surface area contributed by atoms with E-state index in [9.17, 15) is 13.2 Å². The van der Waals surface area contributed by atoms with Gasteiger partial charge < -0.3 is 4.90 Å². The zero-order valence-corrected chi connectivity index (χ0v) is 16.5. The van der Waals surface area contributed by atoms with E-state index in [2.05, 4.69) is 6.07 Å². The smallest absolute Gasteiger partial charge is 0.243 e. The van der Waals surface area contributed by atoms with Gasteiger partial charge in [0.15, 0.2) is 0 Å². The van der Waals surface area contributed by atoms with Gasteiger partial charge in [0, 0.05) is 20.1 Å². The molecule has 4 rings (SSSR count). The fourth-order valence-electron chi connectivity index (χ4n) is 3.59. The van der Waals surface area contributed by atoms with Gasteiger partial charge in [-0.3, -0.25) is 4.79 Å². The molecule has 0 N–H and O–H groups in total. The highest BCUT2D eigenvalue weighted by atomic mass is 32.2. The molecule has 0 saturated heterocycles. The summed E-state index contributed by atoms with van der Waals surface area (Å²) in [6.45, 7) is 0.968. The molecule has 5 nitrogen and oxygen atoms in total. The second-order valence-corrected chi connectivity index (χ2v) is 9.15. The second-order valence-electron chi connectivity index (χ2n) is 7.10. The molecule has 3 aromatic carbocycles. The van der Waals surface area contributed by atoms with Crippen molar-refractivity contribution in [1.82, 2.24) is 9.21 Å². The van der Waals surface area contributed by atoms with Gasteiger partial charge in [-0.2, -0.15) is 4.31 Å². The summed E-state index contributed by atoms with van der Waals surface area (Å²) in [4.78, 5) is 14.7. The van der Waals surface area contributed by atoms with Gasteiger partial charge >= 0.3 is 0 Å². The standard InChI is InChI=1S/C22H22N2O3S/c1-23(16-22(25)24-13-12-18-7-3-5-9-20(18)15-24)28(26,27)21-11-10-17-6-2-4-8-19(17)14-21/h2-11,14H,12-13,15-16H2,1H3. The van der Waals surface area contributed by atoms with Crippen LogP contribution in [0.15, 0.2) is 71.6 Å². The van der Waals surface area contributed by atoms with Gasteiger partial charge in [0.25, 0.3) is 0 Å². The highest BCUT2D eigenvalue weighted by molar-refractivity contribution is 7.89. The monoisotopic (exact) mass is 394 g/mol. The van der Waals surface area contributed by atoms with Crippen LogP contribution in [0.25, 0.3) is 10.8 Å². The van der Waals surface area contributed by atoms with E-state index in [1.807, 2.05) is 42.5 Å². The van der Waals surface area contributed by atoms with E-state index >= 15 is 0 Å².